The lowest BCUT2D eigenvalue weighted by Gasteiger charge is -2.00. The summed E-state index contributed by atoms with van der Waals surface area (Å²) in [5.41, 5.74) is 2.34. The highest BCUT2D eigenvalue weighted by Gasteiger charge is 2.10. The van der Waals surface area contributed by atoms with Crippen molar-refractivity contribution in [3.8, 4) is 16.3 Å². The molecule has 2 rings (SSSR count). The summed E-state index contributed by atoms with van der Waals surface area (Å²) in [6.45, 7) is 2.18. The van der Waals surface area contributed by atoms with E-state index in [1.54, 1.807) is 18.4 Å². The normalized spacial score (nSPS) is 10.6. The molecule has 0 aliphatic heterocycles. The van der Waals surface area contributed by atoms with Gasteiger partial charge in [-0.05, 0) is 30.7 Å². The number of aromatic nitrogens is 1. The second kappa shape index (κ2) is 6.25. The van der Waals surface area contributed by atoms with Crippen LogP contribution >= 0.6 is 24.0 Å². The zero-order chi connectivity index (χ0) is 13.0. The number of aryl methyl sites for hydroxylation is 1. The van der Waals surface area contributed by atoms with E-state index in [-0.39, 0.29) is 0 Å². The van der Waals surface area contributed by atoms with Crippen LogP contribution in [0.4, 0.5) is 0 Å². The van der Waals surface area contributed by atoms with Gasteiger partial charge in [0.2, 0.25) is 0 Å². The number of hydrogen-bond donors (Lipinski definition) is 1. The first-order valence-corrected chi connectivity index (χ1v) is 7.47. The van der Waals surface area contributed by atoms with Gasteiger partial charge in [-0.15, -0.1) is 11.3 Å². The van der Waals surface area contributed by atoms with Crippen molar-refractivity contribution in [1.29, 1.82) is 0 Å². The minimum absolute atomic E-state index is 0.767. The number of thiazole rings is 1. The van der Waals surface area contributed by atoms with Crippen LogP contribution in [-0.4, -0.2) is 12.1 Å². The van der Waals surface area contributed by atoms with Gasteiger partial charge < -0.3 is 4.74 Å². The number of methoxy groups -OCH3 is 1. The van der Waals surface area contributed by atoms with Crippen molar-refractivity contribution in [1.82, 2.24) is 4.98 Å². The van der Waals surface area contributed by atoms with Gasteiger partial charge in [0.15, 0.2) is 0 Å². The molecule has 0 bridgehead atoms. The number of nitrogens with zero attached hydrogens (tertiary/aromatic N) is 1. The van der Waals surface area contributed by atoms with Gasteiger partial charge in [-0.3, -0.25) is 0 Å². The molecule has 0 saturated heterocycles. The fraction of sp³-hybridized carbons (Fsp3) is 0.357. The van der Waals surface area contributed by atoms with Crippen molar-refractivity contribution in [2.75, 3.05) is 7.11 Å². The lowest BCUT2D eigenvalue weighted by Crippen LogP contribution is -1.88. The van der Waals surface area contributed by atoms with Crippen molar-refractivity contribution in [2.45, 2.75) is 25.5 Å². The van der Waals surface area contributed by atoms with Crippen LogP contribution in [0.3, 0.4) is 0 Å². The lowest BCUT2D eigenvalue weighted by atomic mass is 10.2. The molecular formula is C14H17NOS2. The third kappa shape index (κ3) is 2.87. The third-order valence-electron chi connectivity index (χ3n) is 2.75. The van der Waals surface area contributed by atoms with E-state index in [0.717, 1.165) is 34.9 Å². The van der Waals surface area contributed by atoms with Crippen LogP contribution in [0.25, 0.3) is 10.6 Å². The van der Waals surface area contributed by atoms with Gasteiger partial charge >= 0.3 is 0 Å². The molecule has 0 atom stereocenters. The highest BCUT2D eigenvalue weighted by molar-refractivity contribution is 7.79. The Morgan fingerprint density at radius 2 is 2.00 bits per heavy atom. The number of rotatable bonds is 5. The smallest absolute Gasteiger partial charge is 0.123 e. The Labute approximate surface area is 117 Å². The predicted octanol–water partition coefficient (Wildman–Crippen LogP) is 4.20. The molecule has 18 heavy (non-hydrogen) atoms. The van der Waals surface area contributed by atoms with E-state index in [9.17, 15) is 0 Å². The molecule has 0 aliphatic carbocycles. The average molecular weight is 279 g/mol. The Bertz CT molecular complexity index is 505. The Balaban J connectivity index is 2.31. The Morgan fingerprint density at radius 3 is 2.56 bits per heavy atom. The average Bonchev–Trinajstić information content (AvgIpc) is 2.82. The summed E-state index contributed by atoms with van der Waals surface area (Å²) >= 11 is 6.12. The van der Waals surface area contributed by atoms with Crippen LogP contribution in [0.2, 0.25) is 0 Å². The molecule has 0 spiro atoms. The first-order valence-electron chi connectivity index (χ1n) is 6.02. The molecule has 4 heteroatoms. The zero-order valence-corrected chi connectivity index (χ0v) is 12.4. The number of benzene rings is 1. The second-order valence-corrected chi connectivity index (χ2v) is 5.43. The molecular weight excluding hydrogens is 262 g/mol. The molecule has 1 heterocycles. The van der Waals surface area contributed by atoms with Crippen LogP contribution in [-0.2, 0) is 12.2 Å². The maximum Gasteiger partial charge on any atom is 0.123 e. The molecule has 0 fully saturated rings. The summed E-state index contributed by atoms with van der Waals surface area (Å²) < 4.78 is 5.16. The Hall–Kier alpha value is -1.00. The van der Waals surface area contributed by atoms with Crippen molar-refractivity contribution < 1.29 is 4.74 Å². The molecule has 0 unspecified atom stereocenters. The number of thiol groups is 1. The van der Waals surface area contributed by atoms with Gasteiger partial charge in [0, 0.05) is 16.2 Å². The monoisotopic (exact) mass is 279 g/mol. The summed E-state index contributed by atoms with van der Waals surface area (Å²) in [6, 6.07) is 8.04. The highest BCUT2D eigenvalue weighted by atomic mass is 32.1. The van der Waals surface area contributed by atoms with Gasteiger partial charge in [0.25, 0.3) is 0 Å². The predicted molar refractivity (Wildman–Crippen MR) is 80.8 cm³/mol. The van der Waals surface area contributed by atoms with E-state index in [1.165, 1.54) is 10.6 Å². The first-order chi connectivity index (χ1) is 8.78. The largest absolute Gasteiger partial charge is 0.497 e. The van der Waals surface area contributed by atoms with E-state index in [0.29, 0.717) is 0 Å². The molecule has 0 amide bonds. The molecule has 96 valence electrons. The van der Waals surface area contributed by atoms with Gasteiger partial charge in [-0.25, -0.2) is 4.98 Å². The van der Waals surface area contributed by atoms with E-state index >= 15 is 0 Å². The topological polar surface area (TPSA) is 22.1 Å². The number of hydrogen-bond acceptors (Lipinski definition) is 4. The van der Waals surface area contributed by atoms with Crippen LogP contribution < -0.4 is 4.74 Å². The van der Waals surface area contributed by atoms with E-state index in [2.05, 4.69) is 31.7 Å². The fourth-order valence-corrected chi connectivity index (χ4v) is 3.15. The molecule has 0 saturated carbocycles. The maximum absolute atomic E-state index is 5.16. The van der Waals surface area contributed by atoms with Gasteiger partial charge in [-0.1, -0.05) is 13.3 Å². The Morgan fingerprint density at radius 1 is 1.28 bits per heavy atom. The summed E-state index contributed by atoms with van der Waals surface area (Å²) in [6.07, 6.45) is 2.15. The van der Waals surface area contributed by atoms with Gasteiger partial charge in [-0.2, -0.15) is 12.6 Å². The summed E-state index contributed by atoms with van der Waals surface area (Å²) in [4.78, 5) is 6.01. The third-order valence-corrected chi connectivity index (χ3v) is 4.42. The molecule has 0 radical (unpaired) electrons. The summed E-state index contributed by atoms with van der Waals surface area (Å²) in [7, 11) is 1.68. The second-order valence-electron chi connectivity index (χ2n) is 4.03. The lowest BCUT2D eigenvalue weighted by molar-refractivity contribution is 0.415. The van der Waals surface area contributed by atoms with Crippen molar-refractivity contribution in [3.63, 3.8) is 0 Å². The molecule has 0 N–H and O–H groups in total. The summed E-state index contributed by atoms with van der Waals surface area (Å²) in [5.74, 6) is 1.64. The number of ether oxygens (including phenoxy) is 1. The zero-order valence-electron chi connectivity index (χ0n) is 10.6. The van der Waals surface area contributed by atoms with Crippen molar-refractivity contribution in [3.05, 3.63) is 34.8 Å². The van der Waals surface area contributed by atoms with Crippen LogP contribution in [0.15, 0.2) is 24.3 Å². The standard InChI is InChI=1S/C14H17NOS2/c1-3-4-12-13(9-17)18-14(15-12)10-5-7-11(16-2)8-6-10/h5-8,17H,3-4,9H2,1-2H3. The SMILES string of the molecule is CCCc1nc(-c2ccc(OC)cc2)sc1CS. The Kier molecular flexibility index (Phi) is 4.66. The van der Waals surface area contributed by atoms with Crippen LogP contribution in [0, 0.1) is 0 Å². The minimum Gasteiger partial charge on any atom is -0.497 e. The van der Waals surface area contributed by atoms with E-state index in [4.69, 9.17) is 9.72 Å². The van der Waals surface area contributed by atoms with Crippen molar-refractivity contribution in [2.24, 2.45) is 0 Å². The van der Waals surface area contributed by atoms with Gasteiger partial charge in [0.1, 0.15) is 10.8 Å². The molecule has 2 aromatic rings. The molecule has 2 nitrogen and oxygen atoms in total. The maximum atomic E-state index is 5.16. The highest BCUT2D eigenvalue weighted by Crippen LogP contribution is 2.30. The van der Waals surface area contributed by atoms with Crippen molar-refractivity contribution >= 4 is 24.0 Å². The van der Waals surface area contributed by atoms with E-state index in [1.807, 2.05) is 12.1 Å². The first kappa shape index (κ1) is 13.4. The summed E-state index contributed by atoms with van der Waals surface area (Å²) in [5, 5.41) is 1.07. The van der Waals surface area contributed by atoms with Crippen LogP contribution in [0.1, 0.15) is 23.9 Å². The van der Waals surface area contributed by atoms with E-state index < -0.39 is 0 Å². The minimum atomic E-state index is 0.767. The van der Waals surface area contributed by atoms with Crippen LogP contribution in [0.5, 0.6) is 5.75 Å². The fourth-order valence-electron chi connectivity index (χ4n) is 1.80. The molecule has 1 aromatic heterocycles. The molecule has 1 aromatic carbocycles. The van der Waals surface area contributed by atoms with Gasteiger partial charge in [0.05, 0.1) is 12.8 Å². The molecule has 0 aliphatic rings. The quantitative estimate of drug-likeness (QED) is 0.829.